The zero-order chi connectivity index (χ0) is 17.4. The standard InChI is InChI=1S/C19H19N3O2S/c1-12-13(2)25-19-17(12)18(20-11-21-19)24-10-16(23)22-8-7-14-5-3-4-6-15(14)9-22/h3-6,11H,7-10H2,1-2H3. The number of carbonyl (C=O) groups is 1. The molecule has 0 saturated heterocycles. The van der Waals surface area contributed by atoms with Gasteiger partial charge in [-0.05, 0) is 37.0 Å². The van der Waals surface area contributed by atoms with Crippen LogP contribution >= 0.6 is 11.3 Å². The quantitative estimate of drug-likeness (QED) is 0.725. The topological polar surface area (TPSA) is 55.3 Å². The normalized spacial score (nSPS) is 13.8. The van der Waals surface area contributed by atoms with Crippen LogP contribution in [-0.4, -0.2) is 33.9 Å². The second kappa shape index (κ2) is 6.44. The van der Waals surface area contributed by atoms with Gasteiger partial charge in [-0.15, -0.1) is 11.3 Å². The molecule has 1 aliphatic heterocycles. The van der Waals surface area contributed by atoms with E-state index >= 15 is 0 Å². The third kappa shape index (κ3) is 2.98. The van der Waals surface area contributed by atoms with Gasteiger partial charge in [0.1, 0.15) is 11.2 Å². The first kappa shape index (κ1) is 16.0. The Morgan fingerprint density at radius 1 is 1.24 bits per heavy atom. The second-order valence-electron chi connectivity index (χ2n) is 6.26. The highest BCUT2D eigenvalue weighted by Gasteiger charge is 2.21. The molecule has 0 saturated carbocycles. The molecule has 0 spiro atoms. The lowest BCUT2D eigenvalue weighted by Crippen LogP contribution is -2.38. The molecule has 4 rings (SSSR count). The van der Waals surface area contributed by atoms with E-state index in [0.29, 0.717) is 12.4 Å². The minimum atomic E-state index is -0.00845. The number of aryl methyl sites for hydroxylation is 2. The molecule has 2 aromatic heterocycles. The first-order valence-corrected chi connectivity index (χ1v) is 9.13. The van der Waals surface area contributed by atoms with Crippen LogP contribution in [0.2, 0.25) is 0 Å². The van der Waals surface area contributed by atoms with E-state index in [2.05, 4.69) is 29.0 Å². The lowest BCUT2D eigenvalue weighted by Gasteiger charge is -2.28. The molecule has 5 nitrogen and oxygen atoms in total. The van der Waals surface area contributed by atoms with Gasteiger partial charge in [0.05, 0.1) is 5.39 Å². The number of ether oxygens (including phenoxy) is 1. The third-order valence-electron chi connectivity index (χ3n) is 4.75. The molecule has 0 radical (unpaired) electrons. The minimum Gasteiger partial charge on any atom is -0.467 e. The first-order chi connectivity index (χ1) is 12.1. The van der Waals surface area contributed by atoms with Crippen LogP contribution in [0, 0.1) is 13.8 Å². The molecule has 3 aromatic rings. The Bertz CT molecular complexity index is 951. The maximum absolute atomic E-state index is 12.6. The van der Waals surface area contributed by atoms with Crippen LogP contribution in [0.4, 0.5) is 0 Å². The van der Waals surface area contributed by atoms with Gasteiger partial charge in [0.25, 0.3) is 5.91 Å². The number of aromatic nitrogens is 2. The summed E-state index contributed by atoms with van der Waals surface area (Å²) in [4.78, 5) is 25.1. The van der Waals surface area contributed by atoms with Gasteiger partial charge < -0.3 is 9.64 Å². The molecule has 3 heterocycles. The molecule has 0 N–H and O–H groups in total. The van der Waals surface area contributed by atoms with Crippen molar-refractivity contribution in [3.8, 4) is 5.88 Å². The van der Waals surface area contributed by atoms with Crippen molar-refractivity contribution in [2.75, 3.05) is 13.2 Å². The minimum absolute atomic E-state index is 0.00259. The highest BCUT2D eigenvalue weighted by Crippen LogP contribution is 2.33. The summed E-state index contributed by atoms with van der Waals surface area (Å²) in [5.74, 6) is 0.489. The van der Waals surface area contributed by atoms with Gasteiger partial charge in [0, 0.05) is 18.0 Å². The van der Waals surface area contributed by atoms with Crippen LogP contribution in [0.5, 0.6) is 5.88 Å². The number of carbonyl (C=O) groups excluding carboxylic acids is 1. The summed E-state index contributed by atoms with van der Waals surface area (Å²) in [6, 6.07) is 8.28. The zero-order valence-corrected chi connectivity index (χ0v) is 15.1. The van der Waals surface area contributed by atoms with Gasteiger partial charge in [0.15, 0.2) is 6.61 Å². The van der Waals surface area contributed by atoms with Crippen LogP contribution < -0.4 is 4.74 Å². The van der Waals surface area contributed by atoms with Gasteiger partial charge in [-0.25, -0.2) is 9.97 Å². The number of nitrogens with zero attached hydrogens (tertiary/aromatic N) is 3. The molecule has 1 aliphatic rings. The Labute approximate surface area is 150 Å². The van der Waals surface area contributed by atoms with Gasteiger partial charge >= 0.3 is 0 Å². The fourth-order valence-electron chi connectivity index (χ4n) is 3.19. The number of hydrogen-bond acceptors (Lipinski definition) is 5. The highest BCUT2D eigenvalue weighted by molar-refractivity contribution is 7.18. The molecular weight excluding hydrogens is 334 g/mol. The van der Waals surface area contributed by atoms with E-state index in [4.69, 9.17) is 4.74 Å². The van der Waals surface area contributed by atoms with E-state index in [9.17, 15) is 4.79 Å². The lowest BCUT2D eigenvalue weighted by molar-refractivity contribution is -0.134. The SMILES string of the molecule is Cc1sc2ncnc(OCC(=O)N3CCc4ccccc4C3)c2c1C. The molecule has 6 heteroatoms. The Morgan fingerprint density at radius 3 is 2.88 bits per heavy atom. The molecule has 0 bridgehead atoms. The number of amides is 1. The molecule has 1 amide bonds. The average molecular weight is 353 g/mol. The number of rotatable bonds is 3. The van der Waals surface area contributed by atoms with Crippen molar-refractivity contribution in [2.24, 2.45) is 0 Å². The second-order valence-corrected chi connectivity index (χ2v) is 7.47. The van der Waals surface area contributed by atoms with Crippen LogP contribution in [0.3, 0.4) is 0 Å². The molecule has 1 aromatic carbocycles. The van der Waals surface area contributed by atoms with Crippen molar-refractivity contribution < 1.29 is 9.53 Å². The summed E-state index contributed by atoms with van der Waals surface area (Å²) >= 11 is 1.62. The molecule has 0 unspecified atom stereocenters. The Hall–Kier alpha value is -2.47. The number of benzene rings is 1. The molecule has 25 heavy (non-hydrogen) atoms. The zero-order valence-electron chi connectivity index (χ0n) is 14.3. The van der Waals surface area contributed by atoms with Crippen molar-refractivity contribution in [2.45, 2.75) is 26.8 Å². The van der Waals surface area contributed by atoms with Crippen molar-refractivity contribution in [3.05, 3.63) is 52.2 Å². The number of hydrogen-bond donors (Lipinski definition) is 0. The average Bonchev–Trinajstić information content (AvgIpc) is 2.94. The van der Waals surface area contributed by atoms with Crippen LogP contribution in [0.1, 0.15) is 21.6 Å². The summed E-state index contributed by atoms with van der Waals surface area (Å²) in [6.45, 7) is 5.47. The fraction of sp³-hybridized carbons (Fsp3) is 0.316. The highest BCUT2D eigenvalue weighted by atomic mass is 32.1. The smallest absolute Gasteiger partial charge is 0.260 e. The molecular formula is C19H19N3O2S. The van der Waals surface area contributed by atoms with E-state index in [1.165, 1.54) is 22.3 Å². The molecule has 0 aliphatic carbocycles. The van der Waals surface area contributed by atoms with Gasteiger partial charge in [-0.3, -0.25) is 4.79 Å². The third-order valence-corrected chi connectivity index (χ3v) is 5.86. The van der Waals surface area contributed by atoms with E-state index in [1.54, 1.807) is 11.3 Å². The van der Waals surface area contributed by atoms with E-state index in [0.717, 1.165) is 28.7 Å². The van der Waals surface area contributed by atoms with E-state index in [1.807, 2.05) is 24.0 Å². The number of fused-ring (bicyclic) bond motifs is 2. The molecule has 0 atom stereocenters. The van der Waals surface area contributed by atoms with Gasteiger partial charge in [-0.1, -0.05) is 24.3 Å². The van der Waals surface area contributed by atoms with Crippen LogP contribution in [0.15, 0.2) is 30.6 Å². The van der Waals surface area contributed by atoms with Crippen molar-refractivity contribution in [1.82, 2.24) is 14.9 Å². The predicted octanol–water partition coefficient (Wildman–Crippen LogP) is 3.27. The maximum atomic E-state index is 12.6. The summed E-state index contributed by atoms with van der Waals surface area (Å²) in [6.07, 6.45) is 2.39. The van der Waals surface area contributed by atoms with E-state index < -0.39 is 0 Å². The first-order valence-electron chi connectivity index (χ1n) is 8.31. The van der Waals surface area contributed by atoms with Gasteiger partial charge in [0.2, 0.25) is 5.88 Å². The molecule has 0 fully saturated rings. The van der Waals surface area contributed by atoms with Crippen molar-refractivity contribution in [1.29, 1.82) is 0 Å². The van der Waals surface area contributed by atoms with Crippen molar-refractivity contribution >= 4 is 27.5 Å². The molecule has 128 valence electrons. The summed E-state index contributed by atoms with van der Waals surface area (Å²) in [5.41, 5.74) is 3.67. The Morgan fingerprint density at radius 2 is 2.04 bits per heavy atom. The fourth-order valence-corrected chi connectivity index (χ4v) is 4.18. The summed E-state index contributed by atoms with van der Waals surface area (Å²) in [7, 11) is 0. The van der Waals surface area contributed by atoms with Crippen molar-refractivity contribution in [3.63, 3.8) is 0 Å². The largest absolute Gasteiger partial charge is 0.467 e. The van der Waals surface area contributed by atoms with E-state index in [-0.39, 0.29) is 12.5 Å². The monoisotopic (exact) mass is 353 g/mol. The predicted molar refractivity (Wildman–Crippen MR) is 97.9 cm³/mol. The summed E-state index contributed by atoms with van der Waals surface area (Å²) < 4.78 is 5.78. The Kier molecular flexibility index (Phi) is 4.13. The maximum Gasteiger partial charge on any atom is 0.260 e. The summed E-state index contributed by atoms with van der Waals surface area (Å²) in [5, 5.41) is 0.918. The Balaban J connectivity index is 1.48. The van der Waals surface area contributed by atoms with Crippen LogP contribution in [-0.2, 0) is 17.8 Å². The van der Waals surface area contributed by atoms with Gasteiger partial charge in [-0.2, -0.15) is 0 Å². The lowest BCUT2D eigenvalue weighted by atomic mass is 10.00. The van der Waals surface area contributed by atoms with Crippen LogP contribution in [0.25, 0.3) is 10.2 Å². The number of thiophene rings is 1.